The van der Waals surface area contributed by atoms with Gasteiger partial charge in [0.2, 0.25) is 5.91 Å². The monoisotopic (exact) mass is 311 g/mol. The van der Waals surface area contributed by atoms with Crippen LogP contribution in [-0.2, 0) is 14.6 Å². The lowest BCUT2D eigenvalue weighted by molar-refractivity contribution is -0.113. The molecule has 0 bridgehead atoms. The van der Waals surface area contributed by atoms with Gasteiger partial charge in [-0.15, -0.1) is 0 Å². The first-order valence-electron chi connectivity index (χ1n) is 5.91. The lowest BCUT2D eigenvalue weighted by atomic mass is 10.3. The Balaban J connectivity index is 2.14. The van der Waals surface area contributed by atoms with Crippen LogP contribution < -0.4 is 5.32 Å². The normalized spacial score (nSPS) is 11.1. The second-order valence-corrected chi connectivity index (χ2v) is 6.21. The summed E-state index contributed by atoms with van der Waals surface area (Å²) in [6.07, 6.45) is 0. The Morgan fingerprint density at radius 3 is 2.43 bits per heavy atom. The van der Waals surface area contributed by atoms with Crippen molar-refractivity contribution in [2.75, 3.05) is 11.1 Å². The molecule has 0 aromatic heterocycles. The van der Waals surface area contributed by atoms with E-state index in [1.165, 1.54) is 30.3 Å². The summed E-state index contributed by atoms with van der Waals surface area (Å²) in [5.41, 5.74) is 0.128. The highest BCUT2D eigenvalue weighted by atomic mass is 32.2. The second-order valence-electron chi connectivity index (χ2n) is 4.25. The van der Waals surface area contributed by atoms with Crippen LogP contribution in [0.5, 0.6) is 0 Å². The number of amides is 1. The van der Waals surface area contributed by atoms with Crippen molar-refractivity contribution in [2.24, 2.45) is 0 Å². The molecule has 0 aliphatic carbocycles. The first-order valence-corrected chi connectivity index (χ1v) is 7.56. The van der Waals surface area contributed by atoms with Crippen LogP contribution in [0.15, 0.2) is 53.4 Å². The van der Waals surface area contributed by atoms with E-state index >= 15 is 0 Å². The topological polar surface area (TPSA) is 63.2 Å². The number of carbonyl (C=O) groups excluding carboxylic acids is 1. The number of nitrogens with one attached hydrogen (secondary N) is 1. The highest BCUT2D eigenvalue weighted by molar-refractivity contribution is 7.92. The van der Waals surface area contributed by atoms with Gasteiger partial charge in [0.1, 0.15) is 22.3 Å². The van der Waals surface area contributed by atoms with Gasteiger partial charge in [-0.1, -0.05) is 18.2 Å². The molecule has 7 heteroatoms. The van der Waals surface area contributed by atoms with Gasteiger partial charge in [0.05, 0.1) is 0 Å². The van der Waals surface area contributed by atoms with E-state index in [2.05, 4.69) is 5.32 Å². The average Bonchev–Trinajstić information content (AvgIpc) is 2.38. The Morgan fingerprint density at radius 2 is 1.76 bits per heavy atom. The molecule has 0 atom stereocenters. The van der Waals surface area contributed by atoms with E-state index in [4.69, 9.17) is 0 Å². The molecule has 1 amide bonds. The smallest absolute Gasteiger partial charge is 0.239 e. The van der Waals surface area contributed by atoms with E-state index in [1.54, 1.807) is 0 Å². The summed E-state index contributed by atoms with van der Waals surface area (Å²) in [7, 11) is -4.10. The fourth-order valence-electron chi connectivity index (χ4n) is 1.71. The molecule has 4 nitrogen and oxygen atoms in total. The zero-order chi connectivity index (χ0) is 15.5. The maximum absolute atomic E-state index is 13.5. The first-order chi connectivity index (χ1) is 9.88. The Morgan fingerprint density at radius 1 is 1.05 bits per heavy atom. The highest BCUT2D eigenvalue weighted by Crippen LogP contribution is 2.16. The van der Waals surface area contributed by atoms with Gasteiger partial charge in [0.25, 0.3) is 0 Å². The number of halogens is 2. The molecule has 0 spiro atoms. The van der Waals surface area contributed by atoms with E-state index in [-0.39, 0.29) is 5.69 Å². The largest absolute Gasteiger partial charge is 0.325 e. The van der Waals surface area contributed by atoms with E-state index in [0.29, 0.717) is 0 Å². The minimum atomic E-state index is -4.10. The van der Waals surface area contributed by atoms with E-state index < -0.39 is 38.0 Å². The third kappa shape index (κ3) is 3.85. The lowest BCUT2D eigenvalue weighted by Gasteiger charge is -2.07. The quantitative estimate of drug-likeness (QED) is 0.943. The molecule has 2 aromatic carbocycles. The van der Waals surface area contributed by atoms with Gasteiger partial charge in [0, 0.05) is 5.69 Å². The van der Waals surface area contributed by atoms with E-state index in [9.17, 15) is 22.0 Å². The molecule has 2 rings (SSSR count). The maximum Gasteiger partial charge on any atom is 0.239 e. The average molecular weight is 311 g/mol. The number of anilines is 1. The summed E-state index contributed by atoms with van der Waals surface area (Å²) in [6.45, 7) is 0. The fraction of sp³-hybridized carbons (Fsp3) is 0.0714. The van der Waals surface area contributed by atoms with E-state index in [0.717, 1.165) is 18.2 Å². The summed E-state index contributed by atoms with van der Waals surface area (Å²) in [4.78, 5) is 11.1. The molecule has 1 N–H and O–H groups in total. The molecule has 0 fully saturated rings. The Labute approximate surface area is 120 Å². The third-order valence-electron chi connectivity index (χ3n) is 2.60. The minimum Gasteiger partial charge on any atom is -0.325 e. The molecule has 0 heterocycles. The number of sulfone groups is 1. The van der Waals surface area contributed by atoms with Gasteiger partial charge >= 0.3 is 0 Å². The van der Waals surface area contributed by atoms with Crippen molar-refractivity contribution < 1.29 is 22.0 Å². The number of hydrogen-bond acceptors (Lipinski definition) is 3. The van der Waals surface area contributed by atoms with Crippen molar-refractivity contribution in [2.45, 2.75) is 4.90 Å². The van der Waals surface area contributed by atoms with Gasteiger partial charge in [0.15, 0.2) is 9.84 Å². The Kier molecular flexibility index (Phi) is 4.32. The number of hydrogen-bond donors (Lipinski definition) is 1. The van der Waals surface area contributed by atoms with Crippen LogP contribution in [0.4, 0.5) is 14.5 Å². The molecule has 110 valence electrons. The minimum absolute atomic E-state index is 0.128. The van der Waals surface area contributed by atoms with Crippen molar-refractivity contribution in [1.82, 2.24) is 0 Å². The van der Waals surface area contributed by atoms with Crippen LogP contribution in [0.3, 0.4) is 0 Å². The van der Waals surface area contributed by atoms with Crippen LogP contribution >= 0.6 is 0 Å². The van der Waals surface area contributed by atoms with Crippen LogP contribution in [0.2, 0.25) is 0 Å². The second kappa shape index (κ2) is 6.01. The van der Waals surface area contributed by atoms with Gasteiger partial charge in [-0.05, 0) is 30.3 Å². The number of benzene rings is 2. The summed E-state index contributed by atoms with van der Waals surface area (Å²) in [6, 6.07) is 9.81. The van der Waals surface area contributed by atoms with Crippen molar-refractivity contribution >= 4 is 21.4 Å². The predicted octanol–water partition coefficient (Wildman–Crippen LogP) is 2.38. The zero-order valence-electron chi connectivity index (χ0n) is 10.7. The van der Waals surface area contributed by atoms with Gasteiger partial charge in [-0.25, -0.2) is 17.2 Å². The SMILES string of the molecule is O=C(CS(=O)(=O)c1ccccc1F)Nc1cccc(F)c1. The summed E-state index contributed by atoms with van der Waals surface area (Å²) < 4.78 is 50.3. The maximum atomic E-state index is 13.5. The predicted molar refractivity (Wildman–Crippen MR) is 73.5 cm³/mol. The van der Waals surface area contributed by atoms with Crippen LogP contribution in [-0.4, -0.2) is 20.1 Å². The fourth-order valence-corrected chi connectivity index (χ4v) is 2.93. The molecular weight excluding hydrogens is 300 g/mol. The number of carbonyl (C=O) groups is 1. The molecule has 0 aliphatic rings. The van der Waals surface area contributed by atoms with Crippen LogP contribution in [0.25, 0.3) is 0 Å². The lowest BCUT2D eigenvalue weighted by Crippen LogP contribution is -2.23. The summed E-state index contributed by atoms with van der Waals surface area (Å²) in [5.74, 6) is -3.28. The molecule has 0 saturated carbocycles. The van der Waals surface area contributed by atoms with Gasteiger partial charge in [-0.2, -0.15) is 0 Å². The molecule has 0 aliphatic heterocycles. The first kappa shape index (κ1) is 15.1. The zero-order valence-corrected chi connectivity index (χ0v) is 11.5. The van der Waals surface area contributed by atoms with E-state index in [1.807, 2.05) is 0 Å². The molecule has 0 unspecified atom stereocenters. The highest BCUT2D eigenvalue weighted by Gasteiger charge is 2.22. The Hall–Kier alpha value is -2.28. The van der Waals surface area contributed by atoms with Gasteiger partial charge < -0.3 is 5.32 Å². The van der Waals surface area contributed by atoms with Crippen LogP contribution in [0, 0.1) is 11.6 Å². The van der Waals surface area contributed by atoms with Crippen molar-refractivity contribution in [1.29, 1.82) is 0 Å². The van der Waals surface area contributed by atoms with Gasteiger partial charge in [-0.3, -0.25) is 4.79 Å². The summed E-state index contributed by atoms with van der Waals surface area (Å²) >= 11 is 0. The van der Waals surface area contributed by atoms with Crippen LogP contribution in [0.1, 0.15) is 0 Å². The molecule has 0 saturated heterocycles. The third-order valence-corrected chi connectivity index (χ3v) is 4.24. The summed E-state index contributed by atoms with van der Waals surface area (Å²) in [5, 5.41) is 2.25. The Bertz CT molecular complexity index is 775. The van der Waals surface area contributed by atoms with Crippen molar-refractivity contribution in [3.63, 3.8) is 0 Å². The molecule has 0 radical (unpaired) electrons. The van der Waals surface area contributed by atoms with Crippen molar-refractivity contribution in [3.8, 4) is 0 Å². The van der Waals surface area contributed by atoms with Crippen molar-refractivity contribution in [3.05, 3.63) is 60.2 Å². The number of rotatable bonds is 4. The molecule has 21 heavy (non-hydrogen) atoms. The standard InChI is InChI=1S/C14H11F2NO3S/c15-10-4-3-5-11(8-10)17-14(18)9-21(19,20)13-7-2-1-6-12(13)16/h1-8H,9H2,(H,17,18). The molecule has 2 aromatic rings. The molecular formula is C14H11F2NO3S.